The molecule has 0 bridgehead atoms. The Labute approximate surface area is 544 Å². The minimum Gasteiger partial charge on any atom is -0.308 e. The predicted octanol–water partition coefficient (Wildman–Crippen LogP) is 24.0. The van der Waals surface area contributed by atoms with E-state index in [9.17, 15) is 121 Å². The molecule has 5 nitrogen and oxygen atoms in total. The third-order valence-electron chi connectivity index (χ3n) is 16.6. The van der Waals surface area contributed by atoms with E-state index < -0.39 is 144 Å². The van der Waals surface area contributed by atoms with E-state index in [2.05, 4.69) is 0 Å². The quantitative estimate of drug-likeness (QED) is 0.149. The highest BCUT2D eigenvalue weighted by Crippen LogP contribution is 2.50. The van der Waals surface area contributed by atoms with E-state index >= 15 is 0 Å². The number of rotatable bonds is 7. The van der Waals surface area contributed by atoms with Gasteiger partial charge in [-0.2, -0.15) is 121 Å². The molecule has 0 aliphatic heterocycles. The van der Waals surface area contributed by atoms with E-state index in [1.807, 2.05) is 18.2 Å². The van der Waals surface area contributed by atoms with Gasteiger partial charge in [0.05, 0.1) is 101 Å². The lowest BCUT2D eigenvalue weighted by Gasteiger charge is -2.19. The molecule has 0 saturated heterocycles. The van der Waals surface area contributed by atoms with Crippen LogP contribution in [0.25, 0.3) is 111 Å². The summed E-state index contributed by atoms with van der Waals surface area (Å²) >= 11 is 0. The molecular weight excluding hydrogens is 1380 g/mol. The van der Waals surface area contributed by atoms with Crippen LogP contribution in [0.15, 0.2) is 176 Å². The van der Waals surface area contributed by atoms with Crippen molar-refractivity contribution >= 4 is 43.6 Å². The Morgan fingerprint density at radius 2 is 0.470 bits per heavy atom. The second kappa shape index (κ2) is 23.4. The Bertz CT molecular complexity index is 4940. The van der Waals surface area contributed by atoms with Crippen molar-refractivity contribution in [1.82, 2.24) is 9.13 Å². The summed E-state index contributed by atoms with van der Waals surface area (Å²) in [7, 11) is 0. The predicted molar refractivity (Wildman–Crippen MR) is 316 cm³/mol. The van der Waals surface area contributed by atoms with Crippen molar-refractivity contribution in [3.05, 3.63) is 237 Å². The SMILES string of the molecule is N#Cc1cc(C#N)cc(-c2cc(-n3c4ccc(-c5ccc(C(F)(F)F)cc5C(F)(F)F)cc4c4cc(-c5ccc(C(F)(F)F)cc5C(F)(F)F)ccc43)c(C#N)c(-n3c4ccc(-c5ccc(C(F)(F)F)cc5C(F)(F)F)cc4c4cc(-c5ccc(C(F)(F)F)cc5C(F)(F)F)ccc43)c2)c1. The van der Waals surface area contributed by atoms with Crippen LogP contribution in [-0.2, 0) is 49.4 Å². The van der Waals surface area contributed by atoms with Crippen LogP contribution in [0.5, 0.6) is 0 Å². The Morgan fingerprint density at radius 1 is 0.230 bits per heavy atom. The maximum absolute atomic E-state index is 14.9. The standard InChI is InChI=1S/C71H29F24N5/c72-64(73,74)41-5-9-45(54(26-41)68(84,85)86)35-1-13-58-49(20-35)50-21-36(46-10-6-42(65(75,76)77)27-55(46)69(87,88)89)2-14-59(50)99(58)62-24-40(39-18-33(30-96)17-34(19-39)31-97)25-63(53(62)32-98)100-60-15-3-37(47-11-7-43(66(78,79)80)28-56(47)70(90,91)92)22-51(60)52-23-38(4-16-61(52)100)48-12-8-44(67(81,82)83)29-57(48)71(93,94)95/h1-29H. The van der Waals surface area contributed by atoms with Gasteiger partial charge in [0.15, 0.2) is 0 Å². The minimum atomic E-state index is -5.52. The third-order valence-corrected chi connectivity index (χ3v) is 16.6. The van der Waals surface area contributed by atoms with Gasteiger partial charge in [0.2, 0.25) is 0 Å². The van der Waals surface area contributed by atoms with E-state index in [1.54, 1.807) is 0 Å². The zero-order valence-electron chi connectivity index (χ0n) is 49.1. The van der Waals surface area contributed by atoms with Gasteiger partial charge in [-0.25, -0.2) is 0 Å². The van der Waals surface area contributed by atoms with Crippen molar-refractivity contribution in [3.63, 3.8) is 0 Å². The van der Waals surface area contributed by atoms with Crippen LogP contribution >= 0.6 is 0 Å². The lowest BCUT2D eigenvalue weighted by atomic mass is 9.94. The summed E-state index contributed by atoms with van der Waals surface area (Å²) in [5.74, 6) is 0. The molecule has 100 heavy (non-hydrogen) atoms. The highest BCUT2D eigenvalue weighted by atomic mass is 19.4. The van der Waals surface area contributed by atoms with Crippen LogP contribution < -0.4 is 0 Å². The fraction of sp³-hybridized carbons (Fsp3) is 0.113. The third kappa shape index (κ3) is 12.4. The lowest BCUT2D eigenvalue weighted by Crippen LogP contribution is -2.12. The second-order valence-corrected chi connectivity index (χ2v) is 22.6. The van der Waals surface area contributed by atoms with Gasteiger partial charge in [-0.3, -0.25) is 0 Å². The van der Waals surface area contributed by atoms with Crippen molar-refractivity contribution in [1.29, 1.82) is 15.8 Å². The molecule has 0 aliphatic rings. The molecule has 10 aromatic carbocycles. The molecular formula is C71H29F24N5. The van der Waals surface area contributed by atoms with Gasteiger partial charge in [0.1, 0.15) is 11.6 Å². The topological polar surface area (TPSA) is 81.2 Å². The fourth-order valence-corrected chi connectivity index (χ4v) is 12.2. The number of aromatic nitrogens is 2. The largest absolute Gasteiger partial charge is 0.417 e. The van der Waals surface area contributed by atoms with Crippen LogP contribution in [0.4, 0.5) is 105 Å². The van der Waals surface area contributed by atoms with Crippen molar-refractivity contribution in [3.8, 4) is 85.2 Å². The normalized spacial score (nSPS) is 13.0. The Morgan fingerprint density at radius 3 is 0.680 bits per heavy atom. The van der Waals surface area contributed by atoms with E-state index in [0.29, 0.717) is 48.5 Å². The summed E-state index contributed by atoms with van der Waals surface area (Å²) in [6.45, 7) is 0. The molecule has 12 aromatic rings. The molecule has 0 N–H and O–H groups in total. The second-order valence-electron chi connectivity index (χ2n) is 22.6. The van der Waals surface area contributed by atoms with Gasteiger partial charge in [-0.05, 0) is 183 Å². The maximum atomic E-state index is 14.9. The monoisotopic (exact) mass is 1410 g/mol. The average Bonchev–Trinajstić information content (AvgIpc) is 1.55. The molecule has 0 spiro atoms. The number of benzene rings is 10. The van der Waals surface area contributed by atoms with Gasteiger partial charge < -0.3 is 9.13 Å². The van der Waals surface area contributed by atoms with Gasteiger partial charge in [-0.15, -0.1) is 0 Å². The molecule has 506 valence electrons. The molecule has 0 saturated carbocycles. The molecule has 0 amide bonds. The van der Waals surface area contributed by atoms with E-state index in [4.69, 9.17) is 0 Å². The van der Waals surface area contributed by atoms with Crippen LogP contribution in [0.1, 0.15) is 61.2 Å². The first kappa shape index (κ1) is 68.5. The van der Waals surface area contributed by atoms with Crippen molar-refractivity contribution in [2.24, 2.45) is 0 Å². The van der Waals surface area contributed by atoms with Crippen LogP contribution in [-0.4, -0.2) is 9.13 Å². The van der Waals surface area contributed by atoms with Gasteiger partial charge in [0, 0.05) is 21.5 Å². The molecule has 0 atom stereocenters. The number of nitriles is 3. The number of hydrogen-bond donors (Lipinski definition) is 0. The summed E-state index contributed by atoms with van der Waals surface area (Å²) < 4.78 is 350. The summed E-state index contributed by atoms with van der Waals surface area (Å²) in [5.41, 5.74) is -22.6. The first-order valence-corrected chi connectivity index (χ1v) is 28.3. The van der Waals surface area contributed by atoms with Crippen molar-refractivity contribution in [2.75, 3.05) is 0 Å². The summed E-state index contributed by atoms with van der Waals surface area (Å²) in [4.78, 5) is 0. The van der Waals surface area contributed by atoms with E-state index in [1.165, 1.54) is 33.4 Å². The highest BCUT2D eigenvalue weighted by Gasteiger charge is 2.43. The molecule has 29 heteroatoms. The Kier molecular flexibility index (Phi) is 16.0. The van der Waals surface area contributed by atoms with Crippen molar-refractivity contribution < 1.29 is 105 Å². The molecule has 12 rings (SSSR count). The lowest BCUT2D eigenvalue weighted by molar-refractivity contribution is -0.144. The van der Waals surface area contributed by atoms with E-state index in [-0.39, 0.29) is 102 Å². The molecule has 0 fully saturated rings. The molecule has 2 aromatic heterocycles. The number of nitrogens with zero attached hydrogens (tertiary/aromatic N) is 5. The zero-order valence-corrected chi connectivity index (χ0v) is 49.1. The summed E-state index contributed by atoms with van der Waals surface area (Å²) in [6.07, 6.45) is -43.4. The number of halogens is 24. The van der Waals surface area contributed by atoms with Gasteiger partial charge >= 0.3 is 49.4 Å². The first-order valence-electron chi connectivity index (χ1n) is 28.3. The number of alkyl halides is 24. The summed E-state index contributed by atoms with van der Waals surface area (Å²) in [6, 6.07) is 26.4. The molecule has 2 heterocycles. The Hall–Kier alpha value is -11.4. The van der Waals surface area contributed by atoms with Crippen LogP contribution in [0, 0.1) is 34.0 Å². The van der Waals surface area contributed by atoms with Gasteiger partial charge in [-0.1, -0.05) is 48.5 Å². The smallest absolute Gasteiger partial charge is 0.308 e. The minimum absolute atomic E-state index is 0.0498. The van der Waals surface area contributed by atoms with E-state index in [0.717, 1.165) is 78.9 Å². The molecule has 0 aliphatic carbocycles. The first-order chi connectivity index (χ1) is 46.5. The fourth-order valence-electron chi connectivity index (χ4n) is 12.2. The zero-order chi connectivity index (χ0) is 72.7. The average molecular weight is 1410 g/mol. The van der Waals surface area contributed by atoms with Crippen LogP contribution in [0.2, 0.25) is 0 Å². The highest BCUT2D eigenvalue weighted by molar-refractivity contribution is 6.14. The number of hydrogen-bond acceptors (Lipinski definition) is 3. The molecule has 0 unspecified atom stereocenters. The van der Waals surface area contributed by atoms with Gasteiger partial charge in [0.25, 0.3) is 0 Å². The van der Waals surface area contributed by atoms with Crippen molar-refractivity contribution in [2.45, 2.75) is 49.4 Å². The number of fused-ring (bicyclic) bond motifs is 6. The Balaban J connectivity index is 1.22. The molecule has 0 radical (unpaired) electrons. The van der Waals surface area contributed by atoms with Crippen LogP contribution in [0.3, 0.4) is 0 Å². The maximum Gasteiger partial charge on any atom is 0.417 e. The summed E-state index contributed by atoms with van der Waals surface area (Å²) in [5, 5.41) is 31.0.